The van der Waals surface area contributed by atoms with Gasteiger partial charge in [0.1, 0.15) is 0 Å². The largest absolute Gasteiger partial charge is 0.498 e. The fourth-order valence-corrected chi connectivity index (χ4v) is 0.549. The zero-order valence-electron chi connectivity index (χ0n) is 5.44. The molecule has 0 aliphatic carbocycles. The molecule has 0 unspecified atom stereocenters. The molecule has 48 valence electrons. The summed E-state index contributed by atoms with van der Waals surface area (Å²) in [6, 6.07) is 0. The quantitative estimate of drug-likeness (QED) is 0.427. The average Bonchev–Trinajstić information content (AvgIpc) is 1.66. The van der Waals surface area contributed by atoms with Gasteiger partial charge in [-0.2, -0.15) is 11.8 Å². The highest BCUT2D eigenvalue weighted by atomic mass is 32.2. The van der Waals surface area contributed by atoms with Gasteiger partial charge in [0.15, 0.2) is 0 Å². The third-order valence-electron chi connectivity index (χ3n) is 0.636. The van der Waals surface area contributed by atoms with Crippen LogP contribution >= 0.6 is 11.8 Å². The van der Waals surface area contributed by atoms with Gasteiger partial charge in [-0.25, -0.2) is 0 Å². The van der Waals surface area contributed by atoms with Crippen molar-refractivity contribution >= 4 is 11.8 Å². The maximum Gasteiger partial charge on any atom is 0.0967 e. The molecule has 0 aliphatic heterocycles. The molecule has 8 heavy (non-hydrogen) atoms. The van der Waals surface area contributed by atoms with Crippen LogP contribution in [0.5, 0.6) is 0 Å². The Bertz CT molecular complexity index is 70.9. The summed E-state index contributed by atoms with van der Waals surface area (Å²) >= 11 is 1.78. The van der Waals surface area contributed by atoms with E-state index in [2.05, 4.69) is 12.8 Å². The van der Waals surface area contributed by atoms with Crippen molar-refractivity contribution in [3.8, 4) is 0 Å². The molecule has 0 saturated heterocycles. The number of ether oxygens (including phenoxy) is 1. The van der Waals surface area contributed by atoms with Crippen LogP contribution in [-0.4, -0.2) is 18.6 Å². The maximum atomic E-state index is 5.07. The Labute approximate surface area is 55.1 Å². The van der Waals surface area contributed by atoms with Gasteiger partial charge in [-0.05, 0) is 13.2 Å². The Morgan fingerprint density at radius 1 is 1.75 bits per heavy atom. The predicted molar refractivity (Wildman–Crippen MR) is 39.1 cm³/mol. The second-order valence-corrected chi connectivity index (χ2v) is 2.53. The van der Waals surface area contributed by atoms with E-state index in [1.807, 2.05) is 6.92 Å². The van der Waals surface area contributed by atoms with E-state index in [1.54, 1.807) is 11.8 Å². The van der Waals surface area contributed by atoms with Crippen LogP contribution in [0.4, 0.5) is 0 Å². The highest BCUT2D eigenvalue weighted by Gasteiger charge is 1.82. The molecule has 0 atom stereocenters. The third kappa shape index (κ3) is 5.89. The summed E-state index contributed by atoms with van der Waals surface area (Å²) in [7, 11) is 0. The minimum absolute atomic E-state index is 0.788. The van der Waals surface area contributed by atoms with Gasteiger partial charge >= 0.3 is 0 Å². The molecule has 0 aliphatic rings. The van der Waals surface area contributed by atoms with Gasteiger partial charge in [0.25, 0.3) is 0 Å². The number of thioether (sulfide) groups is 1. The normalized spacial score (nSPS) is 8.75. The topological polar surface area (TPSA) is 9.23 Å². The standard InChI is InChI=1S/C6H12OS/c1-6(2)7-4-5-8-3/h1,4-5H2,2-3H3. The van der Waals surface area contributed by atoms with Crippen molar-refractivity contribution in [2.75, 3.05) is 18.6 Å². The molecule has 0 spiro atoms. The Kier molecular flexibility index (Phi) is 4.97. The summed E-state index contributed by atoms with van der Waals surface area (Å²) in [6.07, 6.45) is 2.06. The van der Waals surface area contributed by atoms with Crippen LogP contribution in [0, 0.1) is 0 Å². The molecule has 0 radical (unpaired) electrons. The molecular formula is C6H12OS. The van der Waals surface area contributed by atoms with E-state index in [0.29, 0.717) is 0 Å². The molecule has 0 N–H and O–H groups in total. The zero-order valence-corrected chi connectivity index (χ0v) is 6.25. The number of allylic oxidation sites excluding steroid dienone is 1. The summed E-state index contributed by atoms with van der Waals surface area (Å²) in [6.45, 7) is 6.25. The molecule has 0 rings (SSSR count). The summed E-state index contributed by atoms with van der Waals surface area (Å²) in [5, 5.41) is 0. The van der Waals surface area contributed by atoms with E-state index in [-0.39, 0.29) is 0 Å². The first kappa shape index (κ1) is 7.89. The Morgan fingerprint density at radius 2 is 2.38 bits per heavy atom. The van der Waals surface area contributed by atoms with E-state index in [9.17, 15) is 0 Å². The van der Waals surface area contributed by atoms with E-state index >= 15 is 0 Å². The van der Waals surface area contributed by atoms with Gasteiger partial charge in [-0.3, -0.25) is 0 Å². The first-order valence-electron chi connectivity index (χ1n) is 2.54. The van der Waals surface area contributed by atoms with Crippen LogP contribution < -0.4 is 0 Å². The van der Waals surface area contributed by atoms with Crippen LogP contribution in [0.3, 0.4) is 0 Å². The fraction of sp³-hybridized carbons (Fsp3) is 0.667. The van der Waals surface area contributed by atoms with E-state index < -0.39 is 0 Å². The van der Waals surface area contributed by atoms with Crippen molar-refractivity contribution < 1.29 is 4.74 Å². The molecule has 0 aromatic heterocycles. The van der Waals surface area contributed by atoms with E-state index in [4.69, 9.17) is 4.74 Å². The monoisotopic (exact) mass is 132 g/mol. The maximum absolute atomic E-state index is 5.07. The van der Waals surface area contributed by atoms with Crippen molar-refractivity contribution in [1.82, 2.24) is 0 Å². The van der Waals surface area contributed by atoms with Gasteiger partial charge in [-0.1, -0.05) is 6.58 Å². The Hall–Kier alpha value is -0.110. The van der Waals surface area contributed by atoms with Gasteiger partial charge in [0, 0.05) is 5.75 Å². The van der Waals surface area contributed by atoms with Gasteiger partial charge in [-0.15, -0.1) is 0 Å². The highest BCUT2D eigenvalue weighted by molar-refractivity contribution is 7.98. The SMILES string of the molecule is C=C(C)OCCSC. The molecule has 2 heteroatoms. The van der Waals surface area contributed by atoms with Crippen molar-refractivity contribution in [3.63, 3.8) is 0 Å². The fourth-order valence-electron chi connectivity index (χ4n) is 0.299. The van der Waals surface area contributed by atoms with Crippen LogP contribution in [-0.2, 0) is 4.74 Å². The van der Waals surface area contributed by atoms with Crippen LogP contribution in [0.1, 0.15) is 6.92 Å². The summed E-state index contributed by atoms with van der Waals surface area (Å²) < 4.78 is 5.07. The van der Waals surface area contributed by atoms with Gasteiger partial charge in [0.05, 0.1) is 12.4 Å². The van der Waals surface area contributed by atoms with Crippen molar-refractivity contribution in [2.24, 2.45) is 0 Å². The second kappa shape index (κ2) is 5.04. The van der Waals surface area contributed by atoms with Gasteiger partial charge < -0.3 is 4.74 Å². The molecule has 0 aromatic carbocycles. The number of hydrogen-bond acceptors (Lipinski definition) is 2. The number of rotatable bonds is 4. The molecule has 0 aromatic rings. The van der Waals surface area contributed by atoms with Crippen LogP contribution in [0.2, 0.25) is 0 Å². The summed E-state index contributed by atoms with van der Waals surface area (Å²) in [5.74, 6) is 1.85. The average molecular weight is 132 g/mol. The lowest BCUT2D eigenvalue weighted by molar-refractivity contribution is 0.236. The first-order chi connectivity index (χ1) is 3.77. The first-order valence-corrected chi connectivity index (χ1v) is 3.94. The molecular weight excluding hydrogens is 120 g/mol. The van der Waals surface area contributed by atoms with Crippen molar-refractivity contribution in [2.45, 2.75) is 6.92 Å². The van der Waals surface area contributed by atoms with Gasteiger partial charge in [0.2, 0.25) is 0 Å². The molecule has 0 amide bonds. The lowest BCUT2D eigenvalue weighted by Crippen LogP contribution is -1.92. The van der Waals surface area contributed by atoms with Crippen LogP contribution in [0.25, 0.3) is 0 Å². The van der Waals surface area contributed by atoms with Crippen molar-refractivity contribution in [1.29, 1.82) is 0 Å². The summed E-state index contributed by atoms with van der Waals surface area (Å²) in [4.78, 5) is 0. The molecule has 1 nitrogen and oxygen atoms in total. The molecule has 0 bridgehead atoms. The predicted octanol–water partition coefficient (Wildman–Crippen LogP) is 1.90. The second-order valence-electron chi connectivity index (χ2n) is 1.54. The van der Waals surface area contributed by atoms with E-state index in [1.165, 1.54) is 0 Å². The number of hydrogen-bond donors (Lipinski definition) is 0. The van der Waals surface area contributed by atoms with Crippen molar-refractivity contribution in [3.05, 3.63) is 12.3 Å². The molecule has 0 heterocycles. The van der Waals surface area contributed by atoms with Crippen LogP contribution in [0.15, 0.2) is 12.3 Å². The lowest BCUT2D eigenvalue weighted by atomic mass is 10.6. The molecule has 0 saturated carbocycles. The zero-order chi connectivity index (χ0) is 6.41. The highest BCUT2D eigenvalue weighted by Crippen LogP contribution is 1.94. The lowest BCUT2D eigenvalue weighted by Gasteiger charge is -2.00. The van der Waals surface area contributed by atoms with E-state index in [0.717, 1.165) is 18.1 Å². The molecule has 0 fully saturated rings. The summed E-state index contributed by atoms with van der Waals surface area (Å²) in [5.41, 5.74) is 0. The Balaban J connectivity index is 2.82. The Morgan fingerprint density at radius 3 is 2.75 bits per heavy atom. The smallest absolute Gasteiger partial charge is 0.0967 e. The minimum atomic E-state index is 0.788. The third-order valence-corrected chi connectivity index (χ3v) is 1.21. The minimum Gasteiger partial charge on any atom is -0.498 e.